The lowest BCUT2D eigenvalue weighted by Crippen LogP contribution is -2.99. The van der Waals surface area contributed by atoms with Gasteiger partial charge in [0.1, 0.15) is 6.04 Å². The molecule has 1 rings (SSSR count). The van der Waals surface area contributed by atoms with Gasteiger partial charge in [-0.25, -0.2) is 9.93 Å². The second kappa shape index (κ2) is 7.07. The lowest BCUT2D eigenvalue weighted by atomic mass is 10.2. The summed E-state index contributed by atoms with van der Waals surface area (Å²) in [7, 11) is 0. The standard InChI is InChI=1S/C10H13N3O5S/c11-9(14)5-6(10(15)16)12-19-8-4-2-1-3-7(8)13(17)18/h1-4,6,12-13,17H,5H2,(H2,11,14)(H,15,16). The molecular weight excluding hydrogens is 274 g/mol. The summed E-state index contributed by atoms with van der Waals surface area (Å²) in [6, 6.07) is 4.94. The average Bonchev–Trinajstić information content (AvgIpc) is 2.34. The van der Waals surface area contributed by atoms with Crippen molar-refractivity contribution in [3.8, 4) is 0 Å². The summed E-state index contributed by atoms with van der Waals surface area (Å²) in [5.41, 5.74) is 4.98. The minimum Gasteiger partial charge on any atom is -0.595 e. The number of nitrogens with two attached hydrogens (primary N) is 1. The van der Waals surface area contributed by atoms with E-state index in [1.807, 2.05) is 0 Å². The van der Waals surface area contributed by atoms with E-state index in [0.29, 0.717) is 4.90 Å². The Morgan fingerprint density at radius 3 is 2.63 bits per heavy atom. The summed E-state index contributed by atoms with van der Waals surface area (Å²) < 4.78 is 2.52. The maximum Gasteiger partial charge on any atom is 0.322 e. The van der Waals surface area contributed by atoms with Crippen molar-refractivity contribution in [1.29, 1.82) is 0 Å². The number of amides is 1. The Balaban J connectivity index is 2.74. The highest BCUT2D eigenvalue weighted by atomic mass is 32.2. The number of benzene rings is 1. The fourth-order valence-corrected chi connectivity index (χ4v) is 2.11. The molecule has 1 aromatic carbocycles. The minimum absolute atomic E-state index is 0.0446. The van der Waals surface area contributed by atoms with Crippen molar-refractivity contribution in [2.24, 2.45) is 5.73 Å². The Hall–Kier alpha value is -1.65. The molecule has 104 valence electrons. The van der Waals surface area contributed by atoms with Gasteiger partial charge < -0.3 is 16.0 Å². The van der Waals surface area contributed by atoms with E-state index in [2.05, 4.69) is 4.72 Å². The fraction of sp³-hybridized carbons (Fsp3) is 0.200. The summed E-state index contributed by atoms with van der Waals surface area (Å²) in [6.07, 6.45) is -0.377. The van der Waals surface area contributed by atoms with Crippen molar-refractivity contribution in [2.45, 2.75) is 17.4 Å². The first-order valence-corrected chi connectivity index (χ1v) is 5.99. The van der Waals surface area contributed by atoms with Gasteiger partial charge in [-0.3, -0.25) is 9.59 Å². The van der Waals surface area contributed by atoms with Gasteiger partial charge in [-0.05, 0) is 18.0 Å². The summed E-state index contributed by atoms with van der Waals surface area (Å²) in [6.45, 7) is 0. The SMILES string of the molecule is NC(=O)CC(NSc1ccccc1[NH+]([O-])O)C(=O)O. The van der Waals surface area contributed by atoms with Crippen LogP contribution in [0.15, 0.2) is 29.2 Å². The molecule has 0 bridgehead atoms. The van der Waals surface area contributed by atoms with E-state index in [4.69, 9.17) is 16.0 Å². The van der Waals surface area contributed by atoms with Crippen LogP contribution in [0.2, 0.25) is 0 Å². The zero-order valence-electron chi connectivity index (χ0n) is 9.70. The molecule has 0 heterocycles. The van der Waals surface area contributed by atoms with E-state index in [0.717, 1.165) is 11.9 Å². The van der Waals surface area contributed by atoms with Gasteiger partial charge in [0.25, 0.3) is 0 Å². The molecule has 0 aliphatic carbocycles. The third-order valence-corrected chi connectivity index (χ3v) is 3.11. The lowest BCUT2D eigenvalue weighted by molar-refractivity contribution is -0.992. The third kappa shape index (κ3) is 4.85. The molecule has 0 aliphatic rings. The summed E-state index contributed by atoms with van der Waals surface area (Å²) >= 11 is 0.834. The maximum atomic E-state index is 10.9. The Morgan fingerprint density at radius 1 is 1.47 bits per heavy atom. The van der Waals surface area contributed by atoms with Gasteiger partial charge in [0.05, 0.1) is 11.3 Å². The number of rotatable bonds is 7. The highest BCUT2D eigenvalue weighted by Gasteiger charge is 2.21. The molecule has 1 amide bonds. The van der Waals surface area contributed by atoms with Gasteiger partial charge in [0.15, 0.2) is 5.69 Å². The van der Waals surface area contributed by atoms with Crippen molar-refractivity contribution in [1.82, 2.24) is 4.72 Å². The zero-order valence-corrected chi connectivity index (χ0v) is 10.5. The third-order valence-electron chi connectivity index (χ3n) is 2.13. The predicted octanol–water partition coefficient (Wildman–Crippen LogP) is -0.985. The minimum atomic E-state index is -1.24. The normalized spacial score (nSPS) is 13.8. The van der Waals surface area contributed by atoms with Crippen LogP contribution in [0.1, 0.15) is 6.42 Å². The molecule has 2 atom stereocenters. The topological polar surface area (TPSA) is 140 Å². The first-order valence-electron chi connectivity index (χ1n) is 5.17. The first-order chi connectivity index (χ1) is 8.91. The van der Waals surface area contributed by atoms with Gasteiger partial charge in [0.2, 0.25) is 5.91 Å². The van der Waals surface area contributed by atoms with Crippen LogP contribution in [0.25, 0.3) is 0 Å². The molecular formula is C10H13N3O5S. The number of aliphatic carboxylic acids is 1. The maximum absolute atomic E-state index is 10.9. The van der Waals surface area contributed by atoms with Crippen LogP contribution < -0.4 is 15.7 Å². The Morgan fingerprint density at radius 2 is 2.11 bits per heavy atom. The number of primary amides is 1. The Kier molecular flexibility index (Phi) is 5.73. The van der Waals surface area contributed by atoms with Crippen LogP contribution >= 0.6 is 11.9 Å². The molecule has 0 spiro atoms. The highest BCUT2D eigenvalue weighted by Crippen LogP contribution is 2.22. The van der Waals surface area contributed by atoms with Gasteiger partial charge in [0, 0.05) is 6.07 Å². The van der Waals surface area contributed by atoms with Crippen LogP contribution in [0, 0.1) is 5.21 Å². The van der Waals surface area contributed by atoms with E-state index in [9.17, 15) is 14.8 Å². The summed E-state index contributed by atoms with van der Waals surface area (Å²) in [4.78, 5) is 21.9. The second-order valence-electron chi connectivity index (χ2n) is 3.58. The van der Waals surface area contributed by atoms with Gasteiger partial charge >= 0.3 is 5.97 Å². The van der Waals surface area contributed by atoms with Crippen molar-refractivity contribution in [3.05, 3.63) is 29.5 Å². The molecule has 0 saturated carbocycles. The number of quaternary nitrogens is 1. The fourth-order valence-electron chi connectivity index (χ4n) is 1.25. The van der Waals surface area contributed by atoms with Crippen LogP contribution in [-0.4, -0.2) is 28.2 Å². The quantitative estimate of drug-likeness (QED) is 0.320. The molecule has 0 radical (unpaired) electrons. The number of nitrogens with one attached hydrogen (secondary N) is 2. The number of hydrogen-bond donors (Lipinski definition) is 5. The van der Waals surface area contributed by atoms with Crippen LogP contribution in [0.4, 0.5) is 5.69 Å². The molecule has 0 fully saturated rings. The summed E-state index contributed by atoms with van der Waals surface area (Å²) in [5, 5.41) is 27.7. The van der Waals surface area contributed by atoms with Crippen LogP contribution in [0.5, 0.6) is 0 Å². The van der Waals surface area contributed by atoms with Crippen molar-refractivity contribution >= 4 is 29.5 Å². The molecule has 9 heteroatoms. The number of hydrogen-bond acceptors (Lipinski definition) is 6. The van der Waals surface area contributed by atoms with E-state index >= 15 is 0 Å². The molecule has 2 unspecified atom stereocenters. The zero-order chi connectivity index (χ0) is 14.4. The molecule has 8 nitrogen and oxygen atoms in total. The summed E-state index contributed by atoms with van der Waals surface area (Å²) in [5.74, 6) is -1.99. The van der Waals surface area contributed by atoms with Gasteiger partial charge in [-0.1, -0.05) is 12.1 Å². The lowest BCUT2D eigenvalue weighted by Gasteiger charge is -2.16. The molecule has 0 aliphatic heterocycles. The highest BCUT2D eigenvalue weighted by molar-refractivity contribution is 7.97. The molecule has 19 heavy (non-hydrogen) atoms. The van der Waals surface area contributed by atoms with Crippen LogP contribution in [0.3, 0.4) is 0 Å². The number of carboxylic acids is 1. The molecule has 0 aromatic heterocycles. The van der Waals surface area contributed by atoms with Crippen molar-refractivity contribution in [2.75, 3.05) is 0 Å². The smallest absolute Gasteiger partial charge is 0.322 e. The number of carbonyl (C=O) groups excluding carboxylic acids is 1. The van der Waals surface area contributed by atoms with Crippen molar-refractivity contribution < 1.29 is 25.1 Å². The Labute approximate surface area is 112 Å². The number of carboxylic acid groups (broad SMARTS) is 1. The van der Waals surface area contributed by atoms with E-state index in [1.54, 1.807) is 12.1 Å². The predicted molar refractivity (Wildman–Crippen MR) is 66.4 cm³/mol. The monoisotopic (exact) mass is 287 g/mol. The first kappa shape index (κ1) is 15.4. The largest absolute Gasteiger partial charge is 0.595 e. The van der Waals surface area contributed by atoms with E-state index in [1.165, 1.54) is 12.1 Å². The van der Waals surface area contributed by atoms with Gasteiger partial charge in [-0.15, -0.1) is 0 Å². The average molecular weight is 287 g/mol. The van der Waals surface area contributed by atoms with E-state index in [-0.39, 0.29) is 12.1 Å². The molecule has 0 saturated heterocycles. The van der Waals surface area contributed by atoms with Crippen molar-refractivity contribution in [3.63, 3.8) is 0 Å². The molecule has 6 N–H and O–H groups in total. The van der Waals surface area contributed by atoms with Gasteiger partial charge in [-0.2, -0.15) is 5.23 Å². The van der Waals surface area contributed by atoms with Crippen LogP contribution in [-0.2, 0) is 9.59 Å². The second-order valence-corrected chi connectivity index (χ2v) is 4.46. The number of carbonyl (C=O) groups is 2. The Bertz CT molecular complexity index is 468. The van der Waals surface area contributed by atoms with E-state index < -0.39 is 23.1 Å². The molecule has 1 aromatic rings. The number of para-hydroxylation sites is 1.